The van der Waals surface area contributed by atoms with E-state index in [-0.39, 0.29) is 0 Å². The quantitative estimate of drug-likeness (QED) is 0.180. The average Bonchev–Trinajstić information content (AvgIpc) is 4.08. The summed E-state index contributed by atoms with van der Waals surface area (Å²) in [6.45, 7) is 5.03. The Balaban J connectivity index is 0.935. The van der Waals surface area contributed by atoms with Gasteiger partial charge in [-0.15, -0.1) is 0 Å². The maximum Gasteiger partial charge on any atom is 0.220 e. The van der Waals surface area contributed by atoms with Crippen molar-refractivity contribution in [3.63, 3.8) is 0 Å². The van der Waals surface area contributed by atoms with Crippen LogP contribution in [0.25, 0.3) is 100 Å². The molecule has 0 amide bonds. The maximum absolute atomic E-state index is 6.44. The number of furan rings is 1. The molecular formula is C51H32N6O2. The van der Waals surface area contributed by atoms with Crippen LogP contribution in [0, 0.1) is 0 Å². The van der Waals surface area contributed by atoms with E-state index in [2.05, 4.69) is 176 Å². The van der Waals surface area contributed by atoms with Crippen molar-refractivity contribution in [2.75, 3.05) is 6.61 Å². The molecule has 0 saturated heterocycles. The zero-order valence-electron chi connectivity index (χ0n) is 31.6. The Bertz CT molecular complexity index is 3830. The summed E-state index contributed by atoms with van der Waals surface area (Å²) in [5.41, 5.74) is 16.0. The fourth-order valence-electron chi connectivity index (χ4n) is 9.13. The molecule has 1 aliphatic heterocycles. The molecule has 0 bridgehead atoms. The lowest BCUT2D eigenvalue weighted by Gasteiger charge is -2.14. The summed E-state index contributed by atoms with van der Waals surface area (Å²) in [7, 11) is 0. The monoisotopic (exact) mass is 760 g/mol. The van der Waals surface area contributed by atoms with E-state index < -0.39 is 0 Å². The van der Waals surface area contributed by atoms with Gasteiger partial charge in [0.05, 0.1) is 55.5 Å². The molecule has 13 rings (SSSR count). The standard InChI is InChI=1S/C51H32N6O2/c1-31-27-32(11-10-26-58-47-24-21-34(29-36(31)47)54-43-16-6-8-18-45(43)56-41-14-4-2-12-39(41)52-50(54)56)33-20-23-48-37(28-33)38-30-35(22-25-49(38)59-48)55-44-17-7-9-19-46(44)57-42-15-5-3-13-40(42)53-51(55)57/h2-25,27-30H,1,26H2/b11-10-,32-27+. The Morgan fingerprint density at radius 2 is 1.07 bits per heavy atom. The third-order valence-corrected chi connectivity index (χ3v) is 11.8. The summed E-state index contributed by atoms with van der Waals surface area (Å²) >= 11 is 0. The Morgan fingerprint density at radius 1 is 0.525 bits per heavy atom. The molecule has 0 radical (unpaired) electrons. The molecule has 0 fully saturated rings. The van der Waals surface area contributed by atoms with Gasteiger partial charge in [0.1, 0.15) is 23.5 Å². The molecule has 6 heterocycles. The van der Waals surface area contributed by atoms with Crippen molar-refractivity contribution < 1.29 is 9.15 Å². The molecule has 0 atom stereocenters. The van der Waals surface area contributed by atoms with Gasteiger partial charge in [-0.25, -0.2) is 9.97 Å². The highest BCUT2D eigenvalue weighted by molar-refractivity contribution is 6.07. The van der Waals surface area contributed by atoms with Crippen molar-refractivity contribution in [2.45, 2.75) is 0 Å². The third-order valence-electron chi connectivity index (χ3n) is 11.8. The van der Waals surface area contributed by atoms with Crippen LogP contribution < -0.4 is 4.74 Å². The predicted octanol–water partition coefficient (Wildman–Crippen LogP) is 12.1. The SMILES string of the molecule is C=C1/C=C(c2ccc3oc4ccc(-n5c6ccccc6n6c7ccccc7nc56)cc4c3c2)\C=C/COc2ccc(-n3c4ccccc4n4c5ccccc5nc34)cc21. The Hall–Kier alpha value is -8.10. The molecule has 0 N–H and O–H groups in total. The molecule has 12 aromatic rings. The molecule has 8 heteroatoms. The van der Waals surface area contributed by atoms with Crippen molar-refractivity contribution in [1.82, 2.24) is 27.9 Å². The number of allylic oxidation sites excluding steroid dienone is 4. The van der Waals surface area contributed by atoms with Gasteiger partial charge in [0, 0.05) is 16.3 Å². The smallest absolute Gasteiger partial charge is 0.220 e. The molecule has 5 aromatic heterocycles. The summed E-state index contributed by atoms with van der Waals surface area (Å²) in [5, 5.41) is 2.07. The van der Waals surface area contributed by atoms with Gasteiger partial charge in [-0.1, -0.05) is 67.3 Å². The lowest BCUT2D eigenvalue weighted by molar-refractivity contribution is 0.362. The van der Waals surface area contributed by atoms with Gasteiger partial charge in [-0.2, -0.15) is 0 Å². The fraction of sp³-hybridized carbons (Fsp3) is 0.0196. The zero-order chi connectivity index (χ0) is 38.8. The number of benzene rings is 7. The lowest BCUT2D eigenvalue weighted by atomic mass is 9.97. The second-order valence-corrected chi connectivity index (χ2v) is 15.1. The predicted molar refractivity (Wildman–Crippen MR) is 238 cm³/mol. The number of hydrogen-bond donors (Lipinski definition) is 0. The van der Waals surface area contributed by atoms with E-state index in [1.54, 1.807) is 0 Å². The molecule has 59 heavy (non-hydrogen) atoms. The number of nitrogens with zero attached hydrogens (tertiary/aromatic N) is 6. The molecule has 0 spiro atoms. The number of aromatic nitrogens is 6. The first kappa shape index (κ1) is 32.0. The van der Waals surface area contributed by atoms with Gasteiger partial charge >= 0.3 is 0 Å². The van der Waals surface area contributed by atoms with E-state index in [1.165, 1.54) is 0 Å². The first-order valence-electron chi connectivity index (χ1n) is 19.7. The number of fused-ring (bicyclic) bond motifs is 14. The third kappa shape index (κ3) is 4.59. The number of para-hydroxylation sites is 8. The van der Waals surface area contributed by atoms with E-state index in [0.717, 1.165) is 117 Å². The Kier molecular flexibility index (Phi) is 6.49. The van der Waals surface area contributed by atoms with Crippen LogP contribution in [0.4, 0.5) is 0 Å². The van der Waals surface area contributed by atoms with Gasteiger partial charge in [-0.3, -0.25) is 17.9 Å². The van der Waals surface area contributed by atoms with Gasteiger partial charge in [0.25, 0.3) is 0 Å². The number of ether oxygens (including phenoxy) is 1. The second-order valence-electron chi connectivity index (χ2n) is 15.1. The first-order valence-corrected chi connectivity index (χ1v) is 19.7. The van der Waals surface area contributed by atoms with Crippen LogP contribution in [-0.2, 0) is 0 Å². The molecule has 7 aromatic carbocycles. The van der Waals surface area contributed by atoms with Crippen LogP contribution in [0.3, 0.4) is 0 Å². The minimum Gasteiger partial charge on any atom is -0.489 e. The van der Waals surface area contributed by atoms with Crippen LogP contribution in [0.1, 0.15) is 11.1 Å². The van der Waals surface area contributed by atoms with Gasteiger partial charge in [0.15, 0.2) is 0 Å². The molecule has 0 unspecified atom stereocenters. The van der Waals surface area contributed by atoms with Gasteiger partial charge in [0.2, 0.25) is 11.6 Å². The summed E-state index contributed by atoms with van der Waals surface area (Å²) in [6.07, 6.45) is 6.34. The topological polar surface area (TPSA) is 66.8 Å². The number of imidazole rings is 4. The molecule has 0 aliphatic carbocycles. The van der Waals surface area contributed by atoms with E-state index in [1.807, 2.05) is 18.2 Å². The van der Waals surface area contributed by atoms with E-state index in [0.29, 0.717) is 6.61 Å². The van der Waals surface area contributed by atoms with Crippen LogP contribution in [0.5, 0.6) is 5.75 Å². The summed E-state index contributed by atoms with van der Waals surface area (Å²) in [5.74, 6) is 2.51. The molecule has 8 nitrogen and oxygen atoms in total. The van der Waals surface area contributed by atoms with Crippen molar-refractivity contribution in [3.8, 4) is 17.1 Å². The van der Waals surface area contributed by atoms with Crippen LogP contribution >= 0.6 is 0 Å². The summed E-state index contributed by atoms with van der Waals surface area (Å²) < 4.78 is 21.8. The molecule has 1 aliphatic rings. The first-order chi connectivity index (χ1) is 29.2. The summed E-state index contributed by atoms with van der Waals surface area (Å²) in [4.78, 5) is 10.2. The van der Waals surface area contributed by atoms with Crippen molar-refractivity contribution in [1.29, 1.82) is 0 Å². The normalized spacial score (nSPS) is 15.0. The van der Waals surface area contributed by atoms with Crippen molar-refractivity contribution in [3.05, 3.63) is 188 Å². The van der Waals surface area contributed by atoms with Crippen molar-refractivity contribution >= 4 is 88.8 Å². The zero-order valence-corrected chi connectivity index (χ0v) is 31.6. The van der Waals surface area contributed by atoms with E-state index >= 15 is 0 Å². The van der Waals surface area contributed by atoms with Crippen LogP contribution in [0.2, 0.25) is 0 Å². The fourth-order valence-corrected chi connectivity index (χ4v) is 9.13. The van der Waals surface area contributed by atoms with Gasteiger partial charge < -0.3 is 9.15 Å². The molecule has 278 valence electrons. The largest absolute Gasteiger partial charge is 0.489 e. The highest BCUT2D eigenvalue weighted by Gasteiger charge is 2.21. The Labute approximate surface area is 336 Å². The molecular weight excluding hydrogens is 729 g/mol. The van der Waals surface area contributed by atoms with Crippen LogP contribution in [-0.4, -0.2) is 34.5 Å². The molecule has 0 saturated carbocycles. The van der Waals surface area contributed by atoms with Gasteiger partial charge in [-0.05, 0) is 126 Å². The minimum absolute atomic E-state index is 0.418. The lowest BCUT2D eigenvalue weighted by Crippen LogP contribution is -2.00. The highest BCUT2D eigenvalue weighted by Crippen LogP contribution is 2.38. The van der Waals surface area contributed by atoms with E-state index in [9.17, 15) is 0 Å². The Morgan fingerprint density at radius 3 is 1.73 bits per heavy atom. The number of rotatable bonds is 3. The van der Waals surface area contributed by atoms with Crippen molar-refractivity contribution in [2.24, 2.45) is 0 Å². The van der Waals surface area contributed by atoms with Crippen LogP contribution in [0.15, 0.2) is 181 Å². The average molecular weight is 761 g/mol. The summed E-state index contributed by atoms with van der Waals surface area (Å²) in [6, 6.07) is 52.6. The highest BCUT2D eigenvalue weighted by atomic mass is 16.5. The van der Waals surface area contributed by atoms with E-state index in [4.69, 9.17) is 19.1 Å². The second kappa shape index (κ2) is 12.0. The number of hydrogen-bond acceptors (Lipinski definition) is 4. The minimum atomic E-state index is 0.418. The maximum atomic E-state index is 6.44.